The maximum Gasteiger partial charge on any atom is 0.338 e. The average Bonchev–Trinajstić information content (AvgIpc) is 3.54. The molecule has 62 heavy (non-hydrogen) atoms. The molecule has 1 fully saturated rings. The summed E-state index contributed by atoms with van der Waals surface area (Å²) in [6, 6.07) is 35.6. The van der Waals surface area contributed by atoms with Crippen LogP contribution < -0.4 is 19.8 Å². The van der Waals surface area contributed by atoms with Crippen molar-refractivity contribution < 1.29 is 19.2 Å². The molecule has 0 spiro atoms. The summed E-state index contributed by atoms with van der Waals surface area (Å²) in [5, 5.41) is 26.6. The number of carbonyl (C=O) groups is 1. The van der Waals surface area contributed by atoms with Crippen LogP contribution in [0.1, 0.15) is 22.5 Å². The second-order valence-corrected chi connectivity index (χ2v) is 17.9. The first kappa shape index (κ1) is 44.4. The maximum absolute atomic E-state index is 15.7. The molecule has 6 aromatic rings. The number of thioether (sulfide) groups is 1. The Bertz CT molecular complexity index is 2530. The standard InChI is InChI=1S/C47H49ClFN7O4S2/c1-31-44(47(57)58)45(46(53(31)4)32-13-15-34(48)16-14-32)33-9-8-10-37(27-33)54-23-25-55(26-24-54)42-20-17-35(28-40(42)49)51-62-39-18-19-41(43(29-39)56(59)60)50-36(21-22-52(2)3)30-61-38-11-6-5-7-12-38/h5-20,27-29,36,50-51H,21-26,30H2,1-4H3,(H,57,58)/t36-/m1/s1. The number of nitrogens with zero attached hydrogens (tertiary/aromatic N) is 5. The van der Waals surface area contributed by atoms with Gasteiger partial charge in [0.2, 0.25) is 0 Å². The molecule has 2 heterocycles. The number of benzene rings is 5. The van der Waals surface area contributed by atoms with Gasteiger partial charge in [0.15, 0.2) is 0 Å². The van der Waals surface area contributed by atoms with Crippen LogP contribution in [0, 0.1) is 22.9 Å². The molecule has 0 unspecified atom stereocenters. The fraction of sp³-hybridized carbons (Fsp3) is 0.255. The van der Waals surface area contributed by atoms with E-state index < -0.39 is 5.97 Å². The molecule has 5 aromatic carbocycles. The molecule has 0 radical (unpaired) electrons. The van der Waals surface area contributed by atoms with Crippen LogP contribution in [0.15, 0.2) is 125 Å². The smallest absolute Gasteiger partial charge is 0.338 e. The first-order chi connectivity index (χ1) is 29.9. The lowest BCUT2D eigenvalue weighted by atomic mass is 9.96. The van der Waals surface area contributed by atoms with Crippen LogP contribution in [0.3, 0.4) is 0 Å². The van der Waals surface area contributed by atoms with E-state index in [1.165, 1.54) is 24.1 Å². The fourth-order valence-electron chi connectivity index (χ4n) is 7.69. The van der Waals surface area contributed by atoms with Gasteiger partial charge in [0, 0.05) is 88.5 Å². The minimum Gasteiger partial charge on any atom is -0.478 e. The van der Waals surface area contributed by atoms with E-state index in [0.29, 0.717) is 64.4 Å². The third kappa shape index (κ3) is 10.5. The van der Waals surface area contributed by atoms with Crippen LogP contribution in [-0.2, 0) is 7.05 Å². The highest BCUT2D eigenvalue weighted by molar-refractivity contribution is 8.00. The summed E-state index contributed by atoms with van der Waals surface area (Å²) in [6.45, 7) is 5.07. The number of rotatable bonds is 17. The number of carboxylic acids is 1. The summed E-state index contributed by atoms with van der Waals surface area (Å²) < 4.78 is 20.8. The van der Waals surface area contributed by atoms with E-state index >= 15 is 4.39 Å². The van der Waals surface area contributed by atoms with Crippen LogP contribution in [-0.4, -0.2) is 84.1 Å². The average molecular weight is 895 g/mol. The Kier molecular flexibility index (Phi) is 14.3. The van der Waals surface area contributed by atoms with Crippen molar-refractivity contribution >= 4 is 69.7 Å². The largest absolute Gasteiger partial charge is 0.478 e. The number of nitro benzene ring substituents is 1. The van der Waals surface area contributed by atoms with Crippen molar-refractivity contribution in [3.63, 3.8) is 0 Å². The number of aromatic nitrogens is 1. The number of anilines is 4. The zero-order valence-corrected chi connectivity index (χ0v) is 37.4. The number of hydrogen-bond acceptors (Lipinski definition) is 10. The minimum absolute atomic E-state index is 0.00132. The van der Waals surface area contributed by atoms with Crippen molar-refractivity contribution in [2.24, 2.45) is 7.05 Å². The topological polar surface area (TPSA) is 119 Å². The number of hydrogen-bond donors (Lipinski definition) is 3. The van der Waals surface area contributed by atoms with E-state index in [4.69, 9.17) is 11.6 Å². The Balaban J connectivity index is 0.992. The molecule has 1 aromatic heterocycles. The lowest BCUT2D eigenvalue weighted by Crippen LogP contribution is -2.46. The Hall–Kier alpha value is -5.67. The molecule has 322 valence electrons. The molecule has 0 bridgehead atoms. The van der Waals surface area contributed by atoms with Gasteiger partial charge in [0.1, 0.15) is 11.5 Å². The van der Waals surface area contributed by atoms with E-state index in [1.54, 1.807) is 36.0 Å². The molecule has 0 saturated carbocycles. The Morgan fingerprint density at radius 2 is 1.63 bits per heavy atom. The third-order valence-electron chi connectivity index (χ3n) is 11.0. The van der Waals surface area contributed by atoms with Crippen molar-refractivity contribution in [3.05, 3.63) is 147 Å². The summed E-state index contributed by atoms with van der Waals surface area (Å²) in [4.78, 5) is 32.6. The highest BCUT2D eigenvalue weighted by Gasteiger charge is 2.27. The minimum atomic E-state index is -0.991. The molecule has 1 saturated heterocycles. The van der Waals surface area contributed by atoms with Gasteiger partial charge >= 0.3 is 5.97 Å². The van der Waals surface area contributed by atoms with Crippen molar-refractivity contribution in [2.45, 2.75) is 29.2 Å². The lowest BCUT2D eigenvalue weighted by molar-refractivity contribution is -0.384. The zero-order valence-electron chi connectivity index (χ0n) is 35.0. The van der Waals surface area contributed by atoms with Gasteiger partial charge in [0.25, 0.3) is 5.69 Å². The molecule has 1 aliphatic heterocycles. The molecule has 0 amide bonds. The first-order valence-corrected chi connectivity index (χ1v) is 22.4. The van der Waals surface area contributed by atoms with E-state index in [9.17, 15) is 20.0 Å². The maximum atomic E-state index is 15.7. The predicted octanol–water partition coefficient (Wildman–Crippen LogP) is 11.0. The SMILES string of the molecule is Cc1c(C(=O)O)c(-c2cccc(N3CCN(c4ccc(NSc5ccc(N[C@H](CCN(C)C)CSc6ccccc6)c([N+](=O)[O-])c5)cc4F)CC3)c2)c(-c2ccc(Cl)cc2)n1C. The summed E-state index contributed by atoms with van der Waals surface area (Å²) in [6.07, 6.45) is 0.811. The predicted molar refractivity (Wildman–Crippen MR) is 254 cm³/mol. The van der Waals surface area contributed by atoms with Gasteiger partial charge in [-0.05, 0) is 124 Å². The molecule has 1 atom stereocenters. The summed E-state index contributed by atoms with van der Waals surface area (Å²) in [5.74, 6) is -0.616. The number of halogens is 2. The number of piperazine rings is 1. The van der Waals surface area contributed by atoms with Gasteiger partial charge in [-0.1, -0.05) is 54.1 Å². The molecule has 0 aliphatic carbocycles. The zero-order chi connectivity index (χ0) is 43.9. The van der Waals surface area contributed by atoms with Crippen LogP contribution in [0.25, 0.3) is 22.4 Å². The van der Waals surface area contributed by atoms with Gasteiger partial charge in [-0.15, -0.1) is 11.8 Å². The molecule has 15 heteroatoms. The monoisotopic (exact) mass is 893 g/mol. The Labute approximate surface area is 375 Å². The van der Waals surface area contributed by atoms with E-state index in [1.807, 2.05) is 104 Å². The molecule has 7 rings (SSSR count). The molecule has 3 N–H and O–H groups in total. The van der Waals surface area contributed by atoms with Gasteiger partial charge in [-0.3, -0.25) is 10.1 Å². The highest BCUT2D eigenvalue weighted by Crippen LogP contribution is 2.41. The Morgan fingerprint density at radius 1 is 0.903 bits per heavy atom. The summed E-state index contributed by atoms with van der Waals surface area (Å²) in [7, 11) is 5.90. The number of aromatic carboxylic acids is 1. The second kappa shape index (κ2) is 20.0. The van der Waals surface area contributed by atoms with Crippen molar-refractivity contribution in [1.82, 2.24) is 9.47 Å². The molecular formula is C47H49ClFN7O4S2. The van der Waals surface area contributed by atoms with Crippen molar-refractivity contribution in [2.75, 3.05) is 72.4 Å². The summed E-state index contributed by atoms with van der Waals surface area (Å²) in [5.41, 5.74) is 6.43. The highest BCUT2D eigenvalue weighted by atomic mass is 35.5. The quantitative estimate of drug-likeness (QED) is 0.0351. The van der Waals surface area contributed by atoms with E-state index in [2.05, 4.69) is 32.0 Å². The van der Waals surface area contributed by atoms with Gasteiger partial charge in [-0.25, -0.2) is 9.18 Å². The van der Waals surface area contributed by atoms with Crippen LogP contribution in [0.5, 0.6) is 0 Å². The number of nitro groups is 1. The normalized spacial score (nSPS) is 13.3. The van der Waals surface area contributed by atoms with Gasteiger partial charge < -0.3 is 34.4 Å². The number of nitrogens with one attached hydrogen (secondary N) is 2. The van der Waals surface area contributed by atoms with Gasteiger partial charge in [-0.2, -0.15) is 0 Å². The second-order valence-electron chi connectivity index (χ2n) is 15.4. The van der Waals surface area contributed by atoms with Crippen molar-refractivity contribution in [1.29, 1.82) is 0 Å². The van der Waals surface area contributed by atoms with Crippen molar-refractivity contribution in [3.8, 4) is 22.4 Å². The van der Waals surface area contributed by atoms with Crippen LogP contribution >= 0.6 is 35.3 Å². The fourth-order valence-corrected chi connectivity index (χ4v) is 9.48. The lowest BCUT2D eigenvalue weighted by Gasteiger charge is -2.37. The van der Waals surface area contributed by atoms with Gasteiger partial charge in [0.05, 0.1) is 21.9 Å². The molecule has 11 nitrogen and oxygen atoms in total. The first-order valence-electron chi connectivity index (χ1n) is 20.2. The summed E-state index contributed by atoms with van der Waals surface area (Å²) >= 11 is 9.09. The molecular weight excluding hydrogens is 845 g/mol. The Morgan fingerprint density at radius 3 is 2.31 bits per heavy atom. The van der Waals surface area contributed by atoms with Crippen LogP contribution in [0.4, 0.5) is 32.8 Å². The van der Waals surface area contributed by atoms with E-state index in [-0.39, 0.29) is 28.0 Å². The third-order valence-corrected chi connectivity index (χ3v) is 13.3. The number of carboxylic acid groups (broad SMARTS) is 1. The van der Waals surface area contributed by atoms with E-state index in [0.717, 1.165) is 46.1 Å². The van der Waals surface area contributed by atoms with Crippen LogP contribution in [0.2, 0.25) is 5.02 Å². The molecule has 1 aliphatic rings.